The van der Waals surface area contributed by atoms with Crippen LogP contribution in [0.15, 0.2) is 24.5 Å². The fraction of sp³-hybridized carbons (Fsp3) is 0.643. The van der Waals surface area contributed by atoms with Crippen LogP contribution in [0.1, 0.15) is 31.2 Å². The average Bonchev–Trinajstić information content (AvgIpc) is 2.37. The molecule has 0 saturated heterocycles. The van der Waals surface area contributed by atoms with E-state index in [1.54, 1.807) is 0 Å². The van der Waals surface area contributed by atoms with Gasteiger partial charge in [-0.2, -0.15) is 0 Å². The molecule has 0 amide bonds. The largest absolute Gasteiger partial charge is 0.393 e. The molecule has 0 bridgehead atoms. The van der Waals surface area contributed by atoms with Crippen LogP contribution in [-0.4, -0.2) is 40.7 Å². The van der Waals surface area contributed by atoms with Crippen molar-refractivity contribution in [2.75, 3.05) is 13.6 Å². The lowest BCUT2D eigenvalue weighted by atomic mass is 9.92. The van der Waals surface area contributed by atoms with E-state index in [1.807, 2.05) is 12.4 Å². The maximum absolute atomic E-state index is 9.68. The molecule has 1 aromatic rings. The molecule has 1 aromatic heterocycles. The number of rotatable bonds is 4. The molecule has 1 fully saturated rings. The molecule has 2 rings (SSSR count). The molecule has 1 aliphatic carbocycles. The summed E-state index contributed by atoms with van der Waals surface area (Å²) in [5.74, 6) is 0. The van der Waals surface area contributed by atoms with E-state index in [1.165, 1.54) is 12.0 Å². The highest BCUT2D eigenvalue weighted by atomic mass is 16.3. The van der Waals surface area contributed by atoms with E-state index in [9.17, 15) is 5.11 Å². The van der Waals surface area contributed by atoms with Crippen molar-refractivity contribution in [1.29, 1.82) is 0 Å². The summed E-state index contributed by atoms with van der Waals surface area (Å²) < 4.78 is 0. The third kappa shape index (κ3) is 3.79. The summed E-state index contributed by atoms with van der Waals surface area (Å²) in [4.78, 5) is 6.42. The van der Waals surface area contributed by atoms with Gasteiger partial charge in [0.25, 0.3) is 0 Å². The molecule has 2 atom stereocenters. The Morgan fingerprint density at radius 3 is 2.82 bits per heavy atom. The summed E-state index contributed by atoms with van der Waals surface area (Å²) in [6, 6.07) is 4.70. The molecule has 3 nitrogen and oxygen atoms in total. The van der Waals surface area contributed by atoms with Crippen LogP contribution in [-0.2, 0) is 6.42 Å². The minimum Gasteiger partial charge on any atom is -0.393 e. The Bertz CT molecular complexity index is 328. The lowest BCUT2D eigenvalue weighted by Gasteiger charge is -2.33. The smallest absolute Gasteiger partial charge is 0.0555 e. The molecule has 3 heteroatoms. The summed E-state index contributed by atoms with van der Waals surface area (Å²) >= 11 is 0. The van der Waals surface area contributed by atoms with Gasteiger partial charge in [-0.25, -0.2) is 0 Å². The van der Waals surface area contributed by atoms with Crippen molar-refractivity contribution in [1.82, 2.24) is 9.88 Å². The lowest BCUT2D eigenvalue weighted by Crippen LogP contribution is -2.38. The highest BCUT2D eigenvalue weighted by Gasteiger charge is 2.22. The van der Waals surface area contributed by atoms with E-state index in [0.717, 1.165) is 32.2 Å². The highest BCUT2D eigenvalue weighted by Crippen LogP contribution is 2.22. The molecule has 2 unspecified atom stereocenters. The predicted molar refractivity (Wildman–Crippen MR) is 68.8 cm³/mol. The topological polar surface area (TPSA) is 36.4 Å². The van der Waals surface area contributed by atoms with Gasteiger partial charge in [0.2, 0.25) is 0 Å². The summed E-state index contributed by atoms with van der Waals surface area (Å²) in [7, 11) is 2.17. The third-order valence-electron chi connectivity index (χ3n) is 3.74. The Balaban J connectivity index is 1.79. The zero-order chi connectivity index (χ0) is 12.1. The second kappa shape index (κ2) is 6.12. The van der Waals surface area contributed by atoms with E-state index in [0.29, 0.717) is 6.04 Å². The van der Waals surface area contributed by atoms with Crippen molar-refractivity contribution in [3.63, 3.8) is 0 Å². The van der Waals surface area contributed by atoms with Crippen molar-refractivity contribution in [3.8, 4) is 0 Å². The molecule has 0 spiro atoms. The van der Waals surface area contributed by atoms with E-state index >= 15 is 0 Å². The van der Waals surface area contributed by atoms with Gasteiger partial charge in [-0.15, -0.1) is 0 Å². The lowest BCUT2D eigenvalue weighted by molar-refractivity contribution is 0.0733. The molecule has 0 aliphatic heterocycles. The zero-order valence-corrected chi connectivity index (χ0v) is 10.5. The Hall–Kier alpha value is -0.930. The summed E-state index contributed by atoms with van der Waals surface area (Å²) in [5, 5.41) is 9.68. The first-order chi connectivity index (χ1) is 8.25. The van der Waals surface area contributed by atoms with Gasteiger partial charge < -0.3 is 10.0 Å². The van der Waals surface area contributed by atoms with Crippen molar-refractivity contribution < 1.29 is 5.11 Å². The number of hydrogen-bond donors (Lipinski definition) is 1. The van der Waals surface area contributed by atoms with Gasteiger partial charge >= 0.3 is 0 Å². The first kappa shape index (κ1) is 12.5. The fourth-order valence-electron chi connectivity index (χ4n) is 2.58. The minimum absolute atomic E-state index is 0.0860. The monoisotopic (exact) mass is 234 g/mol. The molecular formula is C14H22N2O. The fourth-order valence-corrected chi connectivity index (χ4v) is 2.58. The van der Waals surface area contributed by atoms with Crippen LogP contribution < -0.4 is 0 Å². The van der Waals surface area contributed by atoms with Crippen LogP contribution in [0.25, 0.3) is 0 Å². The number of pyridine rings is 1. The van der Waals surface area contributed by atoms with Crippen molar-refractivity contribution >= 4 is 0 Å². The standard InChI is InChI=1S/C14H22N2O/c1-16(13-3-2-4-14(17)11-13)10-7-12-5-8-15-9-6-12/h5-6,8-9,13-14,17H,2-4,7,10-11H2,1H3. The van der Waals surface area contributed by atoms with Crippen LogP contribution in [0.5, 0.6) is 0 Å². The van der Waals surface area contributed by atoms with Gasteiger partial charge in [-0.1, -0.05) is 0 Å². The van der Waals surface area contributed by atoms with Gasteiger partial charge in [0, 0.05) is 25.0 Å². The summed E-state index contributed by atoms with van der Waals surface area (Å²) in [6.45, 7) is 1.06. The van der Waals surface area contributed by atoms with Gasteiger partial charge in [0.15, 0.2) is 0 Å². The maximum atomic E-state index is 9.68. The molecule has 1 heterocycles. The first-order valence-electron chi connectivity index (χ1n) is 6.53. The van der Waals surface area contributed by atoms with E-state index < -0.39 is 0 Å². The Morgan fingerprint density at radius 1 is 1.35 bits per heavy atom. The molecule has 0 radical (unpaired) electrons. The Morgan fingerprint density at radius 2 is 2.12 bits per heavy atom. The minimum atomic E-state index is -0.0860. The molecule has 17 heavy (non-hydrogen) atoms. The highest BCUT2D eigenvalue weighted by molar-refractivity contribution is 5.09. The summed E-state index contributed by atoms with van der Waals surface area (Å²) in [6.07, 6.45) is 8.97. The molecule has 0 aromatic carbocycles. The number of aromatic nitrogens is 1. The van der Waals surface area contributed by atoms with Gasteiger partial charge in [-0.3, -0.25) is 4.98 Å². The van der Waals surface area contributed by atoms with Crippen molar-refractivity contribution in [2.24, 2.45) is 0 Å². The molecule has 1 aliphatic rings. The van der Waals surface area contributed by atoms with Crippen molar-refractivity contribution in [3.05, 3.63) is 30.1 Å². The van der Waals surface area contributed by atoms with Crippen LogP contribution >= 0.6 is 0 Å². The zero-order valence-electron chi connectivity index (χ0n) is 10.5. The number of aliphatic hydroxyl groups is 1. The first-order valence-corrected chi connectivity index (χ1v) is 6.53. The molecular weight excluding hydrogens is 212 g/mol. The second-order valence-electron chi connectivity index (χ2n) is 5.06. The van der Waals surface area contributed by atoms with Crippen molar-refractivity contribution in [2.45, 2.75) is 44.2 Å². The van der Waals surface area contributed by atoms with Gasteiger partial charge in [-0.05, 0) is 56.8 Å². The Labute approximate surface area is 103 Å². The molecule has 1 saturated carbocycles. The second-order valence-corrected chi connectivity index (χ2v) is 5.06. The van der Waals surface area contributed by atoms with Crippen LogP contribution in [0, 0.1) is 0 Å². The van der Waals surface area contributed by atoms with Gasteiger partial charge in [0.05, 0.1) is 6.10 Å². The Kier molecular flexibility index (Phi) is 4.51. The molecule has 1 N–H and O–H groups in total. The number of likely N-dealkylation sites (N-methyl/N-ethyl adjacent to an activating group) is 1. The number of hydrogen-bond acceptors (Lipinski definition) is 3. The van der Waals surface area contributed by atoms with Crippen LogP contribution in [0.2, 0.25) is 0 Å². The van der Waals surface area contributed by atoms with Gasteiger partial charge in [0.1, 0.15) is 0 Å². The quantitative estimate of drug-likeness (QED) is 0.864. The maximum Gasteiger partial charge on any atom is 0.0555 e. The van der Waals surface area contributed by atoms with E-state index in [4.69, 9.17) is 0 Å². The predicted octanol–water partition coefficient (Wildman–Crippen LogP) is 1.86. The number of aliphatic hydroxyl groups excluding tert-OH is 1. The summed E-state index contributed by atoms with van der Waals surface area (Å²) in [5.41, 5.74) is 1.34. The third-order valence-corrected chi connectivity index (χ3v) is 3.74. The SMILES string of the molecule is CN(CCc1ccncc1)C1CCCC(O)C1. The average molecular weight is 234 g/mol. The number of nitrogens with zero attached hydrogens (tertiary/aromatic N) is 2. The normalized spacial score (nSPS) is 25.1. The van der Waals surface area contributed by atoms with E-state index in [2.05, 4.69) is 29.1 Å². The van der Waals surface area contributed by atoms with E-state index in [-0.39, 0.29) is 6.10 Å². The van der Waals surface area contributed by atoms with Crippen LogP contribution in [0.4, 0.5) is 0 Å². The van der Waals surface area contributed by atoms with Crippen LogP contribution in [0.3, 0.4) is 0 Å². The molecule has 94 valence electrons.